The van der Waals surface area contributed by atoms with Gasteiger partial charge in [-0.15, -0.1) is 0 Å². The molecular weight excluding hydrogens is 258 g/mol. The summed E-state index contributed by atoms with van der Waals surface area (Å²) >= 11 is 0. The molecular formula is C19H21NO. The maximum absolute atomic E-state index is 8.86. The lowest BCUT2D eigenvalue weighted by molar-refractivity contribution is 0.350. The van der Waals surface area contributed by atoms with E-state index in [1.165, 1.54) is 22.4 Å². The molecule has 0 amide bonds. The lowest BCUT2D eigenvalue weighted by atomic mass is 10.1. The molecule has 2 heteroatoms. The smallest absolute Gasteiger partial charge is 0.104 e. The number of hydrogen-bond donors (Lipinski definition) is 1. The van der Waals surface area contributed by atoms with Gasteiger partial charge >= 0.3 is 0 Å². The van der Waals surface area contributed by atoms with Crippen LogP contribution in [-0.2, 0) is 6.54 Å². The van der Waals surface area contributed by atoms with Gasteiger partial charge in [-0.25, -0.2) is 0 Å². The number of nitrogens with zero attached hydrogens (tertiary/aromatic N) is 1. The standard InChI is InChI=1S/C19H21NO/c1-15-11-16(2)13-19(12-15)20(3)14-18-8-5-4-7-17(18)9-6-10-21/h4-5,7-8,11-13,21H,10,14H2,1-3H3. The topological polar surface area (TPSA) is 23.5 Å². The van der Waals surface area contributed by atoms with Gasteiger partial charge in [-0.3, -0.25) is 0 Å². The van der Waals surface area contributed by atoms with E-state index in [9.17, 15) is 0 Å². The molecule has 21 heavy (non-hydrogen) atoms. The number of hydrogen-bond acceptors (Lipinski definition) is 2. The van der Waals surface area contributed by atoms with Crippen LogP contribution >= 0.6 is 0 Å². The summed E-state index contributed by atoms with van der Waals surface area (Å²) in [5, 5.41) is 8.86. The first-order valence-corrected chi connectivity index (χ1v) is 7.07. The van der Waals surface area contributed by atoms with Gasteiger partial charge in [0, 0.05) is 24.8 Å². The minimum absolute atomic E-state index is 0.110. The fourth-order valence-corrected chi connectivity index (χ4v) is 2.43. The van der Waals surface area contributed by atoms with E-state index in [0.29, 0.717) is 0 Å². The molecule has 2 aromatic carbocycles. The van der Waals surface area contributed by atoms with Crippen LogP contribution in [0.2, 0.25) is 0 Å². The fourth-order valence-electron chi connectivity index (χ4n) is 2.43. The zero-order chi connectivity index (χ0) is 15.2. The molecule has 0 aliphatic rings. The van der Waals surface area contributed by atoms with Gasteiger partial charge in [0.2, 0.25) is 0 Å². The molecule has 0 heterocycles. The van der Waals surface area contributed by atoms with E-state index in [1.54, 1.807) is 0 Å². The van der Waals surface area contributed by atoms with Gasteiger partial charge in [0.25, 0.3) is 0 Å². The van der Waals surface area contributed by atoms with Crippen molar-refractivity contribution in [3.05, 3.63) is 64.7 Å². The van der Waals surface area contributed by atoms with Crippen LogP contribution in [0.15, 0.2) is 42.5 Å². The van der Waals surface area contributed by atoms with E-state index >= 15 is 0 Å². The Morgan fingerprint density at radius 1 is 1.05 bits per heavy atom. The van der Waals surface area contributed by atoms with Crippen molar-refractivity contribution in [2.45, 2.75) is 20.4 Å². The number of anilines is 1. The van der Waals surface area contributed by atoms with Crippen molar-refractivity contribution >= 4 is 5.69 Å². The van der Waals surface area contributed by atoms with E-state index in [1.807, 2.05) is 18.2 Å². The zero-order valence-corrected chi connectivity index (χ0v) is 12.9. The van der Waals surface area contributed by atoms with Crippen molar-refractivity contribution in [1.82, 2.24) is 0 Å². The molecule has 0 spiro atoms. The summed E-state index contributed by atoms with van der Waals surface area (Å²) in [5.41, 5.74) is 5.88. The molecule has 1 N–H and O–H groups in total. The van der Waals surface area contributed by atoms with E-state index < -0.39 is 0 Å². The van der Waals surface area contributed by atoms with Crippen LogP contribution < -0.4 is 4.90 Å². The number of aryl methyl sites for hydroxylation is 2. The van der Waals surface area contributed by atoms with Crippen LogP contribution in [0, 0.1) is 25.7 Å². The molecule has 0 saturated heterocycles. The van der Waals surface area contributed by atoms with Gasteiger partial charge in [-0.05, 0) is 48.7 Å². The summed E-state index contributed by atoms with van der Waals surface area (Å²) < 4.78 is 0. The molecule has 0 radical (unpaired) electrons. The molecule has 0 bridgehead atoms. The average molecular weight is 279 g/mol. The second-order valence-corrected chi connectivity index (χ2v) is 5.32. The molecule has 108 valence electrons. The van der Waals surface area contributed by atoms with Gasteiger partial charge < -0.3 is 10.0 Å². The SMILES string of the molecule is Cc1cc(C)cc(N(C)Cc2ccccc2C#CCO)c1. The van der Waals surface area contributed by atoms with Crippen LogP contribution in [0.5, 0.6) is 0 Å². The van der Waals surface area contributed by atoms with Crippen molar-refractivity contribution in [1.29, 1.82) is 0 Å². The van der Waals surface area contributed by atoms with Gasteiger partial charge in [0.1, 0.15) is 6.61 Å². The van der Waals surface area contributed by atoms with Crippen LogP contribution in [0.25, 0.3) is 0 Å². The van der Waals surface area contributed by atoms with E-state index in [-0.39, 0.29) is 6.61 Å². The maximum atomic E-state index is 8.86. The summed E-state index contributed by atoms with van der Waals surface area (Å²) in [4.78, 5) is 2.22. The summed E-state index contributed by atoms with van der Waals surface area (Å²) in [5.74, 6) is 5.74. The van der Waals surface area contributed by atoms with Crippen LogP contribution in [0.4, 0.5) is 5.69 Å². The number of rotatable bonds is 3. The van der Waals surface area contributed by atoms with Crippen molar-refractivity contribution in [2.75, 3.05) is 18.6 Å². The van der Waals surface area contributed by atoms with Crippen molar-refractivity contribution in [3.8, 4) is 11.8 Å². The second kappa shape index (κ2) is 6.97. The van der Waals surface area contributed by atoms with Crippen molar-refractivity contribution < 1.29 is 5.11 Å². The molecule has 0 aromatic heterocycles. The highest BCUT2D eigenvalue weighted by Gasteiger charge is 2.06. The molecule has 2 rings (SSSR count). The van der Waals surface area contributed by atoms with Crippen molar-refractivity contribution in [2.24, 2.45) is 0 Å². The summed E-state index contributed by atoms with van der Waals surface area (Å²) in [7, 11) is 2.09. The Labute approximate surface area is 127 Å². The Hall–Kier alpha value is -2.24. The summed E-state index contributed by atoms with van der Waals surface area (Å²) in [6.45, 7) is 4.91. The normalized spacial score (nSPS) is 9.90. The first-order valence-electron chi connectivity index (χ1n) is 7.07. The minimum Gasteiger partial charge on any atom is -0.384 e. The summed E-state index contributed by atoms with van der Waals surface area (Å²) in [6, 6.07) is 14.6. The lowest BCUT2D eigenvalue weighted by Crippen LogP contribution is -2.17. The Morgan fingerprint density at radius 3 is 2.38 bits per heavy atom. The monoisotopic (exact) mass is 279 g/mol. The Morgan fingerprint density at radius 2 is 1.71 bits per heavy atom. The predicted molar refractivity (Wildman–Crippen MR) is 88.4 cm³/mol. The van der Waals surface area contributed by atoms with Gasteiger partial charge in [-0.2, -0.15) is 0 Å². The van der Waals surface area contributed by atoms with Gasteiger partial charge in [-0.1, -0.05) is 36.1 Å². The van der Waals surface area contributed by atoms with E-state index in [4.69, 9.17) is 5.11 Å². The number of aliphatic hydroxyl groups excluding tert-OH is 1. The molecule has 0 saturated carbocycles. The largest absolute Gasteiger partial charge is 0.384 e. The predicted octanol–water partition coefficient (Wildman–Crippen LogP) is 3.28. The average Bonchev–Trinajstić information content (AvgIpc) is 2.45. The quantitative estimate of drug-likeness (QED) is 0.872. The van der Waals surface area contributed by atoms with Crippen LogP contribution in [0.1, 0.15) is 22.3 Å². The van der Waals surface area contributed by atoms with E-state index in [0.717, 1.165) is 12.1 Å². The first-order chi connectivity index (χ1) is 10.1. The third kappa shape index (κ3) is 4.11. The van der Waals surface area contributed by atoms with Crippen molar-refractivity contribution in [3.63, 3.8) is 0 Å². The molecule has 2 aromatic rings. The summed E-state index contributed by atoms with van der Waals surface area (Å²) in [6.07, 6.45) is 0. The minimum atomic E-state index is -0.110. The van der Waals surface area contributed by atoms with Crippen LogP contribution in [-0.4, -0.2) is 18.8 Å². The second-order valence-electron chi connectivity index (χ2n) is 5.32. The molecule has 2 nitrogen and oxygen atoms in total. The Kier molecular flexibility index (Phi) is 5.03. The number of benzene rings is 2. The molecule has 0 atom stereocenters. The zero-order valence-electron chi connectivity index (χ0n) is 12.9. The van der Waals surface area contributed by atoms with Gasteiger partial charge in [0.05, 0.1) is 0 Å². The molecule has 0 unspecified atom stereocenters. The lowest BCUT2D eigenvalue weighted by Gasteiger charge is -2.21. The van der Waals surface area contributed by atoms with Gasteiger partial charge in [0.15, 0.2) is 0 Å². The molecule has 0 fully saturated rings. The molecule has 0 aliphatic carbocycles. The van der Waals surface area contributed by atoms with E-state index in [2.05, 4.69) is 61.9 Å². The maximum Gasteiger partial charge on any atom is 0.104 e. The van der Waals surface area contributed by atoms with Crippen LogP contribution in [0.3, 0.4) is 0 Å². The highest BCUT2D eigenvalue weighted by Crippen LogP contribution is 2.20. The third-order valence-corrected chi connectivity index (χ3v) is 3.37. The Balaban J connectivity index is 2.25. The number of aliphatic hydroxyl groups is 1. The highest BCUT2D eigenvalue weighted by atomic mass is 16.2. The third-order valence-electron chi connectivity index (χ3n) is 3.37. The Bertz CT molecular complexity index is 659. The molecule has 0 aliphatic heterocycles. The fraction of sp³-hybridized carbons (Fsp3) is 0.263. The highest BCUT2D eigenvalue weighted by molar-refractivity contribution is 5.52. The first kappa shape index (κ1) is 15.2.